The number of ether oxygens (including phenoxy) is 4. The molecule has 6 heteroatoms. The van der Waals surface area contributed by atoms with E-state index in [1.54, 1.807) is 20.3 Å². The maximum Gasteiger partial charge on any atom is 0.346 e. The summed E-state index contributed by atoms with van der Waals surface area (Å²) in [6, 6.07) is 11.4. The van der Waals surface area contributed by atoms with Gasteiger partial charge in [-0.3, -0.25) is 0 Å². The van der Waals surface area contributed by atoms with Crippen LogP contribution in [0.25, 0.3) is 11.0 Å². The topological polar surface area (TPSA) is 67.1 Å². The van der Waals surface area contributed by atoms with Crippen LogP contribution >= 0.6 is 0 Å². The molecule has 2 aromatic carbocycles. The third-order valence-electron chi connectivity index (χ3n) is 6.48. The molecule has 0 amide bonds. The SMILES string of the molecule is CCCCCC[C@]12Cc3cc(OC)c(OC)cc3[C@H](O1)c1c(c3ccccc3oc1=O)O2. The van der Waals surface area contributed by atoms with E-state index in [0.717, 1.165) is 42.2 Å². The van der Waals surface area contributed by atoms with E-state index >= 15 is 0 Å². The standard InChI is InChI=1S/C26H28O6/c1-4-5-6-9-12-26-15-16-13-20(28-2)21(29-3)14-18(16)24(32-26)22-23(31-26)17-10-7-8-11-19(17)30-25(22)27/h7-8,10-11,13-14,24H,4-6,9,12,15H2,1-3H3/t24-,26+/m0/s1. The summed E-state index contributed by atoms with van der Waals surface area (Å²) in [5.41, 5.74) is 2.41. The Bertz CT molecular complexity index is 1210. The monoisotopic (exact) mass is 436 g/mol. The highest BCUT2D eigenvalue weighted by molar-refractivity contribution is 5.85. The van der Waals surface area contributed by atoms with E-state index in [1.807, 2.05) is 30.3 Å². The molecule has 3 aromatic rings. The fourth-order valence-electron chi connectivity index (χ4n) is 4.90. The van der Waals surface area contributed by atoms with Crippen molar-refractivity contribution in [3.8, 4) is 17.2 Å². The highest BCUT2D eigenvalue weighted by atomic mass is 16.7. The van der Waals surface area contributed by atoms with Crippen LogP contribution in [0.5, 0.6) is 17.2 Å². The molecule has 0 aliphatic carbocycles. The Morgan fingerprint density at radius 3 is 2.62 bits per heavy atom. The second-order valence-electron chi connectivity index (χ2n) is 8.53. The minimum atomic E-state index is -0.839. The molecule has 2 atom stereocenters. The maximum absolute atomic E-state index is 13.1. The molecule has 0 saturated heterocycles. The number of hydrogen-bond acceptors (Lipinski definition) is 6. The van der Waals surface area contributed by atoms with Crippen LogP contribution in [0, 0.1) is 0 Å². The average molecular weight is 437 g/mol. The summed E-state index contributed by atoms with van der Waals surface area (Å²) < 4.78 is 29.9. The van der Waals surface area contributed by atoms with Crippen molar-refractivity contribution in [2.24, 2.45) is 0 Å². The van der Waals surface area contributed by atoms with Gasteiger partial charge < -0.3 is 23.4 Å². The van der Waals surface area contributed by atoms with Gasteiger partial charge in [0.25, 0.3) is 0 Å². The summed E-state index contributed by atoms with van der Waals surface area (Å²) in [4.78, 5) is 13.1. The molecule has 6 nitrogen and oxygen atoms in total. The number of rotatable bonds is 7. The average Bonchev–Trinajstić information content (AvgIpc) is 2.81. The van der Waals surface area contributed by atoms with Gasteiger partial charge in [0.15, 0.2) is 11.5 Å². The van der Waals surface area contributed by atoms with Crippen molar-refractivity contribution >= 4 is 11.0 Å². The summed E-state index contributed by atoms with van der Waals surface area (Å²) in [5.74, 6) is 0.986. The molecule has 0 radical (unpaired) electrons. The molecule has 0 N–H and O–H groups in total. The molecular weight excluding hydrogens is 408 g/mol. The second kappa shape index (κ2) is 8.17. The summed E-state index contributed by atoms with van der Waals surface area (Å²) in [5, 5.41) is 0.789. The van der Waals surface area contributed by atoms with Crippen LogP contribution in [0.4, 0.5) is 0 Å². The second-order valence-corrected chi connectivity index (χ2v) is 8.53. The fraction of sp³-hybridized carbons (Fsp3) is 0.423. The van der Waals surface area contributed by atoms with Crippen molar-refractivity contribution in [1.29, 1.82) is 0 Å². The van der Waals surface area contributed by atoms with Gasteiger partial charge >= 0.3 is 5.63 Å². The lowest BCUT2D eigenvalue weighted by Crippen LogP contribution is -2.50. The minimum Gasteiger partial charge on any atom is -0.493 e. The highest BCUT2D eigenvalue weighted by Crippen LogP contribution is 2.52. The van der Waals surface area contributed by atoms with Crippen molar-refractivity contribution in [1.82, 2.24) is 0 Å². The van der Waals surface area contributed by atoms with Crippen molar-refractivity contribution in [2.75, 3.05) is 14.2 Å². The Hall–Kier alpha value is -2.99. The van der Waals surface area contributed by atoms with E-state index < -0.39 is 17.5 Å². The predicted octanol–water partition coefficient (Wildman–Crippen LogP) is 5.53. The Balaban J connectivity index is 1.70. The number of benzene rings is 2. The minimum absolute atomic E-state index is 0.404. The largest absolute Gasteiger partial charge is 0.493 e. The van der Waals surface area contributed by atoms with E-state index in [0.29, 0.717) is 34.8 Å². The molecule has 5 rings (SSSR count). The first-order chi connectivity index (χ1) is 15.6. The molecule has 0 unspecified atom stereocenters. The highest BCUT2D eigenvalue weighted by Gasteiger charge is 2.49. The van der Waals surface area contributed by atoms with Crippen LogP contribution in [-0.4, -0.2) is 20.0 Å². The fourth-order valence-corrected chi connectivity index (χ4v) is 4.90. The molecule has 3 heterocycles. The molecular formula is C26H28O6. The Morgan fingerprint density at radius 2 is 1.84 bits per heavy atom. The van der Waals surface area contributed by atoms with Crippen LogP contribution in [0.1, 0.15) is 61.8 Å². The van der Waals surface area contributed by atoms with Gasteiger partial charge in [0.1, 0.15) is 23.0 Å². The first-order valence-corrected chi connectivity index (χ1v) is 11.3. The van der Waals surface area contributed by atoms with Gasteiger partial charge in [-0.15, -0.1) is 0 Å². The van der Waals surface area contributed by atoms with Gasteiger partial charge in [0.2, 0.25) is 5.79 Å². The number of methoxy groups -OCH3 is 2. The third-order valence-corrected chi connectivity index (χ3v) is 6.48. The lowest BCUT2D eigenvalue weighted by atomic mass is 9.85. The molecule has 1 aromatic heterocycles. The van der Waals surface area contributed by atoms with Crippen molar-refractivity contribution in [3.05, 3.63) is 63.5 Å². The summed E-state index contributed by atoms with van der Waals surface area (Å²) in [6.07, 6.45) is 5.14. The molecule has 168 valence electrons. The van der Waals surface area contributed by atoms with Crippen LogP contribution < -0.4 is 19.8 Å². The van der Waals surface area contributed by atoms with Gasteiger partial charge in [0, 0.05) is 12.8 Å². The molecule has 2 aliphatic rings. The zero-order chi connectivity index (χ0) is 22.3. The zero-order valence-electron chi connectivity index (χ0n) is 18.7. The van der Waals surface area contributed by atoms with Gasteiger partial charge in [0.05, 0.1) is 19.6 Å². The molecule has 0 fully saturated rings. The van der Waals surface area contributed by atoms with Crippen molar-refractivity contribution in [3.63, 3.8) is 0 Å². The predicted molar refractivity (Wildman–Crippen MR) is 121 cm³/mol. The number of hydrogen-bond donors (Lipinski definition) is 0. The van der Waals surface area contributed by atoms with E-state index in [-0.39, 0.29) is 0 Å². The lowest BCUT2D eigenvalue weighted by Gasteiger charge is -2.46. The molecule has 0 spiro atoms. The normalized spacial score (nSPS) is 20.9. The third kappa shape index (κ3) is 3.34. The summed E-state index contributed by atoms with van der Waals surface area (Å²) in [7, 11) is 3.23. The van der Waals surface area contributed by atoms with Gasteiger partial charge in [-0.1, -0.05) is 38.3 Å². The maximum atomic E-state index is 13.1. The van der Waals surface area contributed by atoms with Crippen molar-refractivity contribution in [2.45, 2.75) is 57.3 Å². The Morgan fingerprint density at radius 1 is 1.06 bits per heavy atom. The first-order valence-electron chi connectivity index (χ1n) is 11.3. The zero-order valence-corrected chi connectivity index (χ0v) is 18.7. The van der Waals surface area contributed by atoms with E-state index in [9.17, 15) is 4.79 Å². The molecule has 32 heavy (non-hydrogen) atoms. The Labute approximate surface area is 187 Å². The van der Waals surface area contributed by atoms with E-state index in [1.165, 1.54) is 6.42 Å². The molecule has 2 aliphatic heterocycles. The van der Waals surface area contributed by atoms with E-state index in [2.05, 4.69) is 6.92 Å². The first kappa shape index (κ1) is 20.9. The van der Waals surface area contributed by atoms with Gasteiger partial charge in [-0.05, 0) is 41.8 Å². The quantitative estimate of drug-likeness (QED) is 0.358. The number of fused-ring (bicyclic) bond motifs is 8. The van der Waals surface area contributed by atoms with Crippen LogP contribution in [-0.2, 0) is 11.2 Å². The van der Waals surface area contributed by atoms with Crippen LogP contribution in [0.3, 0.4) is 0 Å². The number of unbranched alkanes of at least 4 members (excludes halogenated alkanes) is 3. The van der Waals surface area contributed by atoms with Crippen LogP contribution in [0.2, 0.25) is 0 Å². The lowest BCUT2D eigenvalue weighted by molar-refractivity contribution is -0.232. The Kier molecular flexibility index (Phi) is 5.33. The molecule has 0 saturated carbocycles. The van der Waals surface area contributed by atoms with Crippen molar-refractivity contribution < 1.29 is 23.4 Å². The van der Waals surface area contributed by atoms with Gasteiger partial charge in [-0.2, -0.15) is 0 Å². The van der Waals surface area contributed by atoms with Crippen LogP contribution in [0.15, 0.2) is 45.6 Å². The summed E-state index contributed by atoms with van der Waals surface area (Å²) >= 11 is 0. The molecule has 2 bridgehead atoms. The van der Waals surface area contributed by atoms with Gasteiger partial charge in [-0.25, -0.2) is 4.79 Å². The van der Waals surface area contributed by atoms with E-state index in [4.69, 9.17) is 23.4 Å². The summed E-state index contributed by atoms with van der Waals surface area (Å²) in [6.45, 7) is 2.19. The number of para-hydroxylation sites is 1. The smallest absolute Gasteiger partial charge is 0.346 e.